The summed E-state index contributed by atoms with van der Waals surface area (Å²) < 4.78 is 6.44. The maximum absolute atomic E-state index is 12.4. The van der Waals surface area contributed by atoms with E-state index in [1.54, 1.807) is 30.1 Å². The maximum atomic E-state index is 12.4. The minimum atomic E-state index is -0.452. The van der Waals surface area contributed by atoms with Gasteiger partial charge in [0.25, 0.3) is 0 Å². The number of nitrogens with zero attached hydrogens (tertiary/aromatic N) is 2. The number of ether oxygens (including phenoxy) is 1. The van der Waals surface area contributed by atoms with E-state index < -0.39 is 12.0 Å². The Morgan fingerprint density at radius 2 is 2.27 bits per heavy atom. The van der Waals surface area contributed by atoms with Crippen LogP contribution in [0.3, 0.4) is 0 Å². The third-order valence-electron chi connectivity index (χ3n) is 3.76. The zero-order valence-electron chi connectivity index (χ0n) is 12.4. The fourth-order valence-corrected chi connectivity index (χ4v) is 3.35. The van der Waals surface area contributed by atoms with Crippen LogP contribution in [0.15, 0.2) is 23.8 Å². The van der Waals surface area contributed by atoms with Crippen molar-refractivity contribution < 1.29 is 14.3 Å². The lowest BCUT2D eigenvalue weighted by molar-refractivity contribution is -0.119. The predicted octanol–water partition coefficient (Wildman–Crippen LogP) is 2.81. The maximum Gasteiger partial charge on any atom is 0.341 e. The highest BCUT2D eigenvalue weighted by molar-refractivity contribution is 7.15. The summed E-state index contributed by atoms with van der Waals surface area (Å²) in [5.74, 6) is -0.192. The van der Waals surface area contributed by atoms with Crippen LogP contribution < -0.4 is 5.32 Å². The first-order valence-electron chi connectivity index (χ1n) is 7.11. The van der Waals surface area contributed by atoms with Crippen LogP contribution in [0, 0.1) is 0 Å². The van der Waals surface area contributed by atoms with Crippen LogP contribution in [0.4, 0.5) is 5.00 Å². The Labute approximate surface area is 132 Å². The first-order valence-corrected chi connectivity index (χ1v) is 7.99. The molecule has 7 heteroatoms. The summed E-state index contributed by atoms with van der Waals surface area (Å²) in [5, 5.41) is 9.39. The Morgan fingerprint density at radius 3 is 2.86 bits per heavy atom. The van der Waals surface area contributed by atoms with Crippen molar-refractivity contribution in [1.29, 1.82) is 0 Å². The van der Waals surface area contributed by atoms with Gasteiger partial charge in [0.15, 0.2) is 0 Å². The van der Waals surface area contributed by atoms with Gasteiger partial charge in [-0.1, -0.05) is 0 Å². The van der Waals surface area contributed by atoms with Gasteiger partial charge >= 0.3 is 5.97 Å². The van der Waals surface area contributed by atoms with Crippen molar-refractivity contribution in [3.05, 3.63) is 35.0 Å². The molecule has 22 heavy (non-hydrogen) atoms. The van der Waals surface area contributed by atoms with Gasteiger partial charge in [-0.3, -0.25) is 9.48 Å². The largest absolute Gasteiger partial charge is 0.465 e. The number of carbonyl (C=O) groups excluding carboxylic acids is 2. The zero-order valence-corrected chi connectivity index (χ0v) is 13.2. The van der Waals surface area contributed by atoms with Crippen LogP contribution in [0.2, 0.25) is 0 Å². The predicted molar refractivity (Wildman–Crippen MR) is 83.2 cm³/mol. The number of aromatic nitrogens is 2. The lowest BCUT2D eigenvalue weighted by atomic mass is 10.1. The van der Waals surface area contributed by atoms with E-state index in [1.165, 1.54) is 18.4 Å². The SMILES string of the molecule is COC(=O)c1c(C2CC2)csc1NC(=O)[C@@H](C)n1cccn1. The molecule has 1 N–H and O–H groups in total. The van der Waals surface area contributed by atoms with Crippen molar-refractivity contribution in [3.63, 3.8) is 0 Å². The van der Waals surface area contributed by atoms with Gasteiger partial charge in [0.05, 0.1) is 12.7 Å². The summed E-state index contributed by atoms with van der Waals surface area (Å²) >= 11 is 1.37. The Morgan fingerprint density at radius 1 is 1.50 bits per heavy atom. The highest BCUT2D eigenvalue weighted by Gasteiger charge is 2.32. The first-order chi connectivity index (χ1) is 10.6. The molecule has 2 aromatic rings. The second-order valence-corrected chi connectivity index (χ2v) is 6.19. The number of carbonyl (C=O) groups is 2. The van der Waals surface area contributed by atoms with Gasteiger partial charge in [-0.2, -0.15) is 5.10 Å². The van der Waals surface area contributed by atoms with Crippen LogP contribution in [0.25, 0.3) is 0 Å². The lowest BCUT2D eigenvalue weighted by Gasteiger charge is -2.13. The number of amides is 1. The third kappa shape index (κ3) is 2.76. The van der Waals surface area contributed by atoms with Crippen molar-refractivity contribution in [1.82, 2.24) is 9.78 Å². The molecule has 6 nitrogen and oxygen atoms in total. The molecule has 116 valence electrons. The number of methoxy groups -OCH3 is 1. The second-order valence-electron chi connectivity index (χ2n) is 5.31. The zero-order chi connectivity index (χ0) is 15.7. The summed E-state index contributed by atoms with van der Waals surface area (Å²) in [6, 6.07) is 1.31. The summed E-state index contributed by atoms with van der Waals surface area (Å²) in [4.78, 5) is 24.4. The van der Waals surface area contributed by atoms with E-state index >= 15 is 0 Å². The molecule has 1 saturated carbocycles. The highest BCUT2D eigenvalue weighted by atomic mass is 32.1. The monoisotopic (exact) mass is 319 g/mol. The van der Waals surface area contributed by atoms with Crippen LogP contribution >= 0.6 is 11.3 Å². The second kappa shape index (κ2) is 5.92. The van der Waals surface area contributed by atoms with Crippen LogP contribution in [0.1, 0.15) is 47.6 Å². The van der Waals surface area contributed by atoms with E-state index in [0.717, 1.165) is 18.4 Å². The Kier molecular flexibility index (Phi) is 3.98. The lowest BCUT2D eigenvalue weighted by Crippen LogP contribution is -2.24. The number of hydrogen-bond acceptors (Lipinski definition) is 5. The van der Waals surface area contributed by atoms with E-state index in [9.17, 15) is 9.59 Å². The van der Waals surface area contributed by atoms with Gasteiger partial charge < -0.3 is 10.1 Å². The van der Waals surface area contributed by atoms with Crippen LogP contribution in [0.5, 0.6) is 0 Å². The van der Waals surface area contributed by atoms with E-state index in [2.05, 4.69) is 10.4 Å². The Balaban J connectivity index is 1.82. The average molecular weight is 319 g/mol. The van der Waals surface area contributed by atoms with Crippen LogP contribution in [-0.2, 0) is 9.53 Å². The molecule has 0 radical (unpaired) electrons. The summed E-state index contributed by atoms with van der Waals surface area (Å²) in [6.07, 6.45) is 5.52. The summed E-state index contributed by atoms with van der Waals surface area (Å²) in [5.41, 5.74) is 1.48. The van der Waals surface area contributed by atoms with Crippen molar-refractivity contribution in [2.75, 3.05) is 12.4 Å². The molecule has 1 aliphatic rings. The fraction of sp³-hybridized carbons (Fsp3) is 0.400. The molecular weight excluding hydrogens is 302 g/mol. The highest BCUT2D eigenvalue weighted by Crippen LogP contribution is 2.46. The van der Waals surface area contributed by atoms with Gasteiger partial charge in [0.2, 0.25) is 5.91 Å². The smallest absolute Gasteiger partial charge is 0.341 e. The molecule has 0 unspecified atom stereocenters. The first kappa shape index (κ1) is 14.8. The van der Waals surface area contributed by atoms with Crippen molar-refractivity contribution in [2.24, 2.45) is 0 Å². The number of nitrogens with one attached hydrogen (secondary N) is 1. The molecule has 0 aliphatic heterocycles. The molecule has 0 bridgehead atoms. The van der Waals surface area contributed by atoms with Crippen molar-refractivity contribution >= 4 is 28.2 Å². The summed E-state index contributed by atoms with van der Waals surface area (Å²) in [7, 11) is 1.36. The van der Waals surface area contributed by atoms with Gasteiger partial charge in [0.1, 0.15) is 11.0 Å². The molecule has 0 aromatic carbocycles. The normalized spacial score (nSPS) is 15.4. The van der Waals surface area contributed by atoms with Gasteiger partial charge in [-0.15, -0.1) is 11.3 Å². The minimum Gasteiger partial charge on any atom is -0.465 e. The van der Waals surface area contributed by atoms with E-state index in [-0.39, 0.29) is 5.91 Å². The standard InChI is InChI=1S/C15H17N3O3S/c1-9(18-7-3-6-16-18)13(19)17-14-12(15(20)21-2)11(8-22-14)10-4-5-10/h3,6-10H,4-5H2,1-2H3,(H,17,19)/t9-/m1/s1. The van der Waals surface area contributed by atoms with Gasteiger partial charge in [0, 0.05) is 12.4 Å². The molecule has 0 saturated heterocycles. The Bertz CT molecular complexity index is 689. The Hall–Kier alpha value is -2.15. The minimum absolute atomic E-state index is 0.210. The average Bonchev–Trinajstić information content (AvgIpc) is 3.06. The molecule has 3 rings (SSSR count). The number of hydrogen-bond donors (Lipinski definition) is 1. The number of thiophene rings is 1. The van der Waals surface area contributed by atoms with E-state index in [0.29, 0.717) is 16.5 Å². The van der Waals surface area contributed by atoms with Crippen molar-refractivity contribution in [2.45, 2.75) is 31.7 Å². The number of rotatable bonds is 5. The van der Waals surface area contributed by atoms with Crippen LogP contribution in [-0.4, -0.2) is 28.8 Å². The molecule has 1 aliphatic carbocycles. The molecule has 1 fully saturated rings. The molecule has 0 spiro atoms. The molecule has 2 aromatic heterocycles. The molecule has 1 atom stereocenters. The topological polar surface area (TPSA) is 73.2 Å². The summed E-state index contributed by atoms with van der Waals surface area (Å²) in [6.45, 7) is 1.76. The third-order valence-corrected chi connectivity index (χ3v) is 4.68. The number of esters is 1. The van der Waals surface area contributed by atoms with E-state index in [4.69, 9.17) is 4.74 Å². The molecular formula is C15H17N3O3S. The molecule has 1 amide bonds. The van der Waals surface area contributed by atoms with E-state index in [1.807, 2.05) is 5.38 Å². The van der Waals surface area contributed by atoms with Crippen molar-refractivity contribution in [3.8, 4) is 0 Å². The van der Waals surface area contributed by atoms with Gasteiger partial charge in [-0.05, 0) is 42.7 Å². The number of anilines is 1. The quantitative estimate of drug-likeness (QED) is 0.860. The van der Waals surface area contributed by atoms with Gasteiger partial charge in [-0.25, -0.2) is 4.79 Å². The fourth-order valence-electron chi connectivity index (χ4n) is 2.32. The molecule has 2 heterocycles.